The minimum absolute atomic E-state index is 0. The molecule has 1 aliphatic carbocycles. The van der Waals surface area contributed by atoms with E-state index in [4.69, 9.17) is 0 Å². The van der Waals surface area contributed by atoms with Crippen LogP contribution in [0.25, 0.3) is 0 Å². The molecule has 0 bridgehead atoms. The Bertz CT molecular complexity index is 397. The second kappa shape index (κ2) is 6.84. The molecule has 1 nitrogen and oxygen atoms in total. The van der Waals surface area contributed by atoms with Crippen LogP contribution in [-0.2, 0) is 5.41 Å². The van der Waals surface area contributed by atoms with Crippen LogP contribution in [0.1, 0.15) is 38.8 Å². The normalized spacial score (nSPS) is 21.2. The van der Waals surface area contributed by atoms with E-state index in [1.165, 1.54) is 25.0 Å². The monoisotopic (exact) mass is 299 g/mol. The zero-order chi connectivity index (χ0) is 13.4. The van der Waals surface area contributed by atoms with Crippen LogP contribution >= 0.6 is 0 Å². The molecule has 100 valence electrons. The summed E-state index contributed by atoms with van der Waals surface area (Å²) in [6, 6.07) is 6.29. The number of aromatic nitrogens is 1. The summed E-state index contributed by atoms with van der Waals surface area (Å²) in [5.41, 5.74) is 2.35. The average molecular weight is 300 g/mol. The van der Waals surface area contributed by atoms with Gasteiger partial charge >= 0.3 is 51.4 Å². The maximum atomic E-state index is 4.57. The fourth-order valence-corrected chi connectivity index (χ4v) is 4.94. The van der Waals surface area contributed by atoms with Gasteiger partial charge in [0.05, 0.1) is 0 Å². The standard InChI is InChI=1S/C16H26NSi.K/c1-16(2,15-8-6-7-11-17-15)13-9-10-14(12-13)18(3,4)5;/h6-8,11,14H,9-10,12H2,1-5H3;/q-1;+1. The van der Waals surface area contributed by atoms with Crippen molar-refractivity contribution in [1.82, 2.24) is 4.98 Å². The van der Waals surface area contributed by atoms with Gasteiger partial charge in [-0.2, -0.15) is 12.8 Å². The van der Waals surface area contributed by atoms with Gasteiger partial charge in [-0.1, -0.05) is 51.5 Å². The van der Waals surface area contributed by atoms with E-state index < -0.39 is 8.07 Å². The van der Waals surface area contributed by atoms with Crippen LogP contribution in [0.2, 0.25) is 25.2 Å². The van der Waals surface area contributed by atoms with Crippen LogP contribution in [0.15, 0.2) is 24.4 Å². The molecule has 0 aromatic carbocycles. The van der Waals surface area contributed by atoms with Crippen LogP contribution < -0.4 is 51.4 Å². The first-order valence-corrected chi connectivity index (χ1v) is 10.7. The van der Waals surface area contributed by atoms with Gasteiger partial charge in [-0.25, -0.2) is 0 Å². The summed E-state index contributed by atoms with van der Waals surface area (Å²) in [4.78, 5) is 4.57. The Labute approximate surface area is 162 Å². The Morgan fingerprint density at radius 1 is 1.26 bits per heavy atom. The van der Waals surface area contributed by atoms with Crippen molar-refractivity contribution in [3.05, 3.63) is 36.0 Å². The first kappa shape index (κ1) is 18.1. The summed E-state index contributed by atoms with van der Waals surface area (Å²) < 4.78 is 0. The fourth-order valence-electron chi connectivity index (χ4n) is 3.07. The van der Waals surface area contributed by atoms with Gasteiger partial charge in [0.15, 0.2) is 0 Å². The van der Waals surface area contributed by atoms with Gasteiger partial charge in [0.1, 0.15) is 0 Å². The van der Waals surface area contributed by atoms with E-state index in [0.29, 0.717) is 0 Å². The molecule has 3 heteroatoms. The molecule has 1 unspecified atom stereocenters. The smallest absolute Gasteiger partial charge is 0.302 e. The molecule has 0 saturated heterocycles. The molecule has 1 aromatic heterocycles. The molecular weight excluding hydrogens is 273 g/mol. The van der Waals surface area contributed by atoms with Gasteiger partial charge in [0.25, 0.3) is 0 Å². The van der Waals surface area contributed by atoms with Crippen molar-refractivity contribution in [1.29, 1.82) is 0 Å². The van der Waals surface area contributed by atoms with Crippen molar-refractivity contribution in [2.75, 3.05) is 0 Å². The second-order valence-corrected chi connectivity index (χ2v) is 12.8. The Balaban J connectivity index is 0.00000180. The van der Waals surface area contributed by atoms with Crippen molar-refractivity contribution in [2.24, 2.45) is 0 Å². The van der Waals surface area contributed by atoms with E-state index in [1.54, 1.807) is 5.92 Å². The van der Waals surface area contributed by atoms with Crippen molar-refractivity contribution in [3.63, 3.8) is 0 Å². The molecule has 1 aliphatic rings. The molecular formula is C16H26KNSi. The van der Waals surface area contributed by atoms with Crippen molar-refractivity contribution in [2.45, 2.75) is 63.7 Å². The summed E-state index contributed by atoms with van der Waals surface area (Å²) in [6.07, 6.45) is 5.96. The molecule has 0 radical (unpaired) electrons. The Morgan fingerprint density at radius 2 is 1.95 bits per heavy atom. The van der Waals surface area contributed by atoms with Crippen LogP contribution in [0.3, 0.4) is 0 Å². The topological polar surface area (TPSA) is 12.9 Å². The van der Waals surface area contributed by atoms with Crippen LogP contribution in [-0.4, -0.2) is 13.1 Å². The third-order valence-electron chi connectivity index (χ3n) is 4.70. The quantitative estimate of drug-likeness (QED) is 0.613. The van der Waals surface area contributed by atoms with E-state index in [2.05, 4.69) is 50.6 Å². The SMILES string of the molecule is CC(C)(c1ccccn1)[C-]1CCC([Si](C)(C)C)C1.[K+]. The number of rotatable bonds is 3. The molecule has 1 aromatic rings. The summed E-state index contributed by atoms with van der Waals surface area (Å²) in [5.74, 6) is 1.72. The van der Waals surface area contributed by atoms with E-state index in [9.17, 15) is 0 Å². The van der Waals surface area contributed by atoms with Crippen LogP contribution in [0.4, 0.5) is 0 Å². The van der Waals surface area contributed by atoms with Gasteiger partial charge in [-0.15, -0.1) is 5.41 Å². The van der Waals surface area contributed by atoms with E-state index in [0.717, 1.165) is 5.54 Å². The van der Waals surface area contributed by atoms with E-state index >= 15 is 0 Å². The van der Waals surface area contributed by atoms with E-state index in [-0.39, 0.29) is 56.8 Å². The number of hydrogen-bond donors (Lipinski definition) is 0. The van der Waals surface area contributed by atoms with Crippen molar-refractivity contribution in [3.8, 4) is 0 Å². The molecule has 2 rings (SSSR count). The molecule has 0 spiro atoms. The molecule has 1 saturated carbocycles. The van der Waals surface area contributed by atoms with Gasteiger partial charge in [-0.05, 0) is 12.1 Å². The largest absolute Gasteiger partial charge is 1.00 e. The number of pyridine rings is 1. The Morgan fingerprint density at radius 3 is 2.42 bits per heavy atom. The average Bonchev–Trinajstić information content (AvgIpc) is 2.79. The van der Waals surface area contributed by atoms with Gasteiger partial charge < -0.3 is 5.92 Å². The van der Waals surface area contributed by atoms with Gasteiger partial charge in [0.2, 0.25) is 0 Å². The third kappa shape index (κ3) is 4.24. The summed E-state index contributed by atoms with van der Waals surface area (Å²) in [7, 11) is -0.987. The van der Waals surface area contributed by atoms with Crippen LogP contribution in [0.5, 0.6) is 0 Å². The van der Waals surface area contributed by atoms with Crippen molar-refractivity contribution >= 4 is 8.07 Å². The predicted molar refractivity (Wildman–Crippen MR) is 81.5 cm³/mol. The summed E-state index contributed by atoms with van der Waals surface area (Å²) in [6.45, 7) is 12.2. The minimum Gasteiger partial charge on any atom is -0.302 e. The molecule has 19 heavy (non-hydrogen) atoms. The second-order valence-electron chi connectivity index (χ2n) is 7.25. The van der Waals surface area contributed by atoms with Crippen molar-refractivity contribution < 1.29 is 51.4 Å². The summed E-state index contributed by atoms with van der Waals surface area (Å²) in [5, 5.41) is 0. The zero-order valence-electron chi connectivity index (χ0n) is 13.5. The molecule has 1 atom stereocenters. The number of nitrogens with zero attached hydrogens (tertiary/aromatic N) is 1. The number of hydrogen-bond acceptors (Lipinski definition) is 1. The first-order valence-electron chi connectivity index (χ1n) is 7.08. The Hall–Kier alpha value is 1.00. The van der Waals surface area contributed by atoms with Gasteiger partial charge in [-0.3, -0.25) is 4.98 Å². The molecule has 1 heterocycles. The van der Waals surface area contributed by atoms with E-state index in [1.807, 2.05) is 12.3 Å². The minimum atomic E-state index is -0.987. The van der Waals surface area contributed by atoms with Crippen LogP contribution in [0, 0.1) is 5.92 Å². The maximum absolute atomic E-state index is 4.57. The fraction of sp³-hybridized carbons (Fsp3) is 0.625. The molecule has 0 aliphatic heterocycles. The predicted octanol–water partition coefficient (Wildman–Crippen LogP) is 1.83. The molecule has 0 amide bonds. The molecule has 1 fully saturated rings. The third-order valence-corrected chi connectivity index (χ3v) is 7.64. The molecule has 0 N–H and O–H groups in total. The zero-order valence-corrected chi connectivity index (χ0v) is 17.6. The summed E-state index contributed by atoms with van der Waals surface area (Å²) >= 11 is 0. The Kier molecular flexibility index (Phi) is 6.50. The maximum Gasteiger partial charge on any atom is 1.00 e. The van der Waals surface area contributed by atoms with Gasteiger partial charge in [0, 0.05) is 20.0 Å². The first-order chi connectivity index (χ1) is 8.32.